The van der Waals surface area contributed by atoms with E-state index in [0.717, 1.165) is 28.0 Å². The van der Waals surface area contributed by atoms with Gasteiger partial charge < -0.3 is 5.32 Å². The summed E-state index contributed by atoms with van der Waals surface area (Å²) >= 11 is 0. The van der Waals surface area contributed by atoms with Gasteiger partial charge in [0.2, 0.25) is 0 Å². The van der Waals surface area contributed by atoms with Gasteiger partial charge in [0, 0.05) is 5.56 Å². The molecule has 0 unspecified atom stereocenters. The second kappa shape index (κ2) is 6.47. The molecule has 1 spiro atoms. The van der Waals surface area contributed by atoms with Gasteiger partial charge in [0.1, 0.15) is 5.54 Å². The number of Topliss-reactive ketones (excluding diaryl/α,β-unsaturated/α-hetero) is 1. The summed E-state index contributed by atoms with van der Waals surface area (Å²) in [5.41, 5.74) is 2.58. The van der Waals surface area contributed by atoms with Crippen molar-refractivity contribution in [2.45, 2.75) is 66.3 Å². The van der Waals surface area contributed by atoms with E-state index in [1.807, 2.05) is 32.9 Å². The molecule has 2 atom stereocenters. The van der Waals surface area contributed by atoms with Gasteiger partial charge in [0.15, 0.2) is 5.78 Å². The first kappa shape index (κ1) is 19.6. The molecule has 1 aromatic carbocycles. The summed E-state index contributed by atoms with van der Waals surface area (Å²) in [7, 11) is 0. The van der Waals surface area contributed by atoms with Crippen molar-refractivity contribution >= 4 is 17.7 Å². The van der Waals surface area contributed by atoms with E-state index in [4.69, 9.17) is 0 Å². The average molecular weight is 370 g/mol. The predicted octanol–water partition coefficient (Wildman–Crippen LogP) is 3.93. The van der Waals surface area contributed by atoms with Crippen LogP contribution in [0.1, 0.15) is 67.1 Å². The summed E-state index contributed by atoms with van der Waals surface area (Å²) in [4.78, 5) is 39.9. The molecule has 5 heteroatoms. The highest BCUT2D eigenvalue weighted by atomic mass is 16.2. The molecule has 1 aromatic rings. The van der Waals surface area contributed by atoms with Crippen molar-refractivity contribution in [3.63, 3.8) is 0 Å². The lowest BCUT2D eigenvalue weighted by molar-refractivity contribution is -0.134. The summed E-state index contributed by atoms with van der Waals surface area (Å²) in [5.74, 6) is -0.0909. The maximum Gasteiger partial charge on any atom is 0.325 e. The van der Waals surface area contributed by atoms with Crippen LogP contribution in [-0.4, -0.2) is 34.7 Å². The number of hydrogen-bond donors (Lipinski definition) is 1. The van der Waals surface area contributed by atoms with Crippen LogP contribution in [0.4, 0.5) is 4.79 Å². The van der Waals surface area contributed by atoms with Crippen LogP contribution in [0.2, 0.25) is 0 Å². The number of carbonyl (C=O) groups excluding carboxylic acids is 3. The van der Waals surface area contributed by atoms with Crippen molar-refractivity contribution in [1.82, 2.24) is 10.2 Å². The van der Waals surface area contributed by atoms with E-state index in [1.54, 1.807) is 0 Å². The highest BCUT2D eigenvalue weighted by Gasteiger charge is 2.56. The van der Waals surface area contributed by atoms with Crippen LogP contribution < -0.4 is 5.32 Å². The van der Waals surface area contributed by atoms with E-state index in [9.17, 15) is 14.4 Å². The minimum atomic E-state index is -0.865. The number of nitrogens with zero attached hydrogens (tertiary/aromatic N) is 1. The standard InChI is InChI=1S/C22H30N2O3/c1-13-7-15(3)18(16(4)8-13)17(25)11-24-19(26)22(23-20(24)27)10-14(2)9-21(5,6)12-22/h7-8,14H,9-12H2,1-6H3,(H,23,27)/t14-,22+/m0/s1. The SMILES string of the molecule is Cc1cc(C)c(C(=O)CN2C(=O)N[C@@]3(C[C@@H](C)CC(C)(C)C3)C2=O)c(C)c1. The van der Waals surface area contributed by atoms with Gasteiger partial charge in [-0.25, -0.2) is 4.79 Å². The largest absolute Gasteiger partial charge is 0.325 e. The summed E-state index contributed by atoms with van der Waals surface area (Å²) in [6.07, 6.45) is 2.27. The van der Waals surface area contributed by atoms with Crippen LogP contribution in [0.15, 0.2) is 12.1 Å². The fourth-order valence-corrected chi connectivity index (χ4v) is 5.49. The van der Waals surface area contributed by atoms with Gasteiger partial charge in [-0.05, 0) is 62.5 Å². The van der Waals surface area contributed by atoms with E-state index in [2.05, 4.69) is 26.1 Å². The fourth-order valence-electron chi connectivity index (χ4n) is 5.49. The lowest BCUT2D eigenvalue weighted by Crippen LogP contribution is -2.54. The average Bonchev–Trinajstić information content (AvgIpc) is 2.67. The molecule has 3 amide bonds. The van der Waals surface area contributed by atoms with Gasteiger partial charge >= 0.3 is 6.03 Å². The van der Waals surface area contributed by atoms with Crippen molar-refractivity contribution < 1.29 is 14.4 Å². The van der Waals surface area contributed by atoms with E-state index < -0.39 is 11.6 Å². The lowest BCUT2D eigenvalue weighted by atomic mass is 9.64. The summed E-state index contributed by atoms with van der Waals surface area (Å²) in [6, 6.07) is 3.47. The van der Waals surface area contributed by atoms with Crippen LogP contribution in [-0.2, 0) is 4.79 Å². The Morgan fingerprint density at radius 2 is 1.74 bits per heavy atom. The molecular weight excluding hydrogens is 340 g/mol. The quantitative estimate of drug-likeness (QED) is 0.647. The Morgan fingerprint density at radius 1 is 1.15 bits per heavy atom. The number of benzene rings is 1. The van der Waals surface area contributed by atoms with E-state index >= 15 is 0 Å². The van der Waals surface area contributed by atoms with E-state index in [0.29, 0.717) is 24.3 Å². The Morgan fingerprint density at radius 3 is 2.30 bits per heavy atom. The zero-order valence-corrected chi connectivity index (χ0v) is 17.2. The van der Waals surface area contributed by atoms with Crippen molar-refractivity contribution in [3.05, 3.63) is 34.4 Å². The summed E-state index contributed by atoms with van der Waals surface area (Å²) in [6.45, 7) is 12.0. The third-order valence-corrected chi connectivity index (χ3v) is 5.88. The van der Waals surface area contributed by atoms with Gasteiger partial charge in [-0.1, -0.05) is 38.5 Å². The van der Waals surface area contributed by atoms with E-state index in [1.165, 1.54) is 0 Å². The Bertz CT molecular complexity index is 804. The zero-order chi connectivity index (χ0) is 20.1. The molecule has 1 saturated heterocycles. The Labute approximate surface area is 161 Å². The van der Waals surface area contributed by atoms with Crippen LogP contribution in [0.3, 0.4) is 0 Å². The highest BCUT2D eigenvalue weighted by Crippen LogP contribution is 2.46. The number of ketones is 1. The first-order valence-corrected chi connectivity index (χ1v) is 9.69. The number of amides is 3. The number of aryl methyl sites for hydroxylation is 3. The molecule has 1 aliphatic carbocycles. The summed E-state index contributed by atoms with van der Waals surface area (Å²) in [5, 5.41) is 2.94. The van der Waals surface area contributed by atoms with Crippen molar-refractivity contribution in [1.29, 1.82) is 0 Å². The topological polar surface area (TPSA) is 66.5 Å². The second-order valence-corrected chi connectivity index (χ2v) is 9.45. The maximum absolute atomic E-state index is 13.2. The van der Waals surface area contributed by atoms with Crippen molar-refractivity contribution in [2.24, 2.45) is 11.3 Å². The molecule has 2 fully saturated rings. The molecule has 1 saturated carbocycles. The number of urea groups is 1. The molecule has 27 heavy (non-hydrogen) atoms. The smallest absolute Gasteiger partial charge is 0.323 e. The summed E-state index contributed by atoms with van der Waals surface area (Å²) < 4.78 is 0. The number of rotatable bonds is 3. The number of nitrogens with one attached hydrogen (secondary N) is 1. The molecule has 0 aromatic heterocycles. The van der Waals surface area contributed by atoms with Crippen LogP contribution in [0.25, 0.3) is 0 Å². The molecular formula is C22H30N2O3. The molecule has 5 nitrogen and oxygen atoms in total. The molecule has 2 aliphatic rings. The molecule has 0 bridgehead atoms. The zero-order valence-electron chi connectivity index (χ0n) is 17.2. The van der Waals surface area contributed by atoms with Crippen molar-refractivity contribution in [3.8, 4) is 0 Å². The molecule has 146 valence electrons. The minimum Gasteiger partial charge on any atom is -0.323 e. The lowest BCUT2D eigenvalue weighted by Gasteiger charge is -2.43. The first-order valence-electron chi connectivity index (χ1n) is 9.69. The van der Waals surface area contributed by atoms with Gasteiger partial charge in [-0.2, -0.15) is 0 Å². The first-order chi connectivity index (χ1) is 12.4. The van der Waals surface area contributed by atoms with Gasteiger partial charge in [0.05, 0.1) is 6.54 Å². The van der Waals surface area contributed by atoms with Gasteiger partial charge in [-0.3, -0.25) is 14.5 Å². The molecule has 3 rings (SSSR count). The number of hydrogen-bond acceptors (Lipinski definition) is 3. The monoisotopic (exact) mass is 370 g/mol. The Hall–Kier alpha value is -2.17. The number of imide groups is 1. The Balaban J connectivity index is 1.86. The maximum atomic E-state index is 13.2. The Kier molecular flexibility index (Phi) is 4.69. The van der Waals surface area contributed by atoms with E-state index in [-0.39, 0.29) is 23.7 Å². The second-order valence-electron chi connectivity index (χ2n) is 9.45. The predicted molar refractivity (Wildman–Crippen MR) is 105 cm³/mol. The third kappa shape index (κ3) is 3.52. The van der Waals surface area contributed by atoms with Crippen molar-refractivity contribution in [2.75, 3.05) is 6.54 Å². The third-order valence-electron chi connectivity index (χ3n) is 5.88. The van der Waals surface area contributed by atoms with Crippen LogP contribution in [0.5, 0.6) is 0 Å². The van der Waals surface area contributed by atoms with Gasteiger partial charge in [-0.15, -0.1) is 0 Å². The fraction of sp³-hybridized carbons (Fsp3) is 0.591. The van der Waals surface area contributed by atoms with Gasteiger partial charge in [0.25, 0.3) is 5.91 Å². The molecule has 1 N–H and O–H groups in total. The minimum absolute atomic E-state index is 0.0231. The van der Waals surface area contributed by atoms with Crippen LogP contribution >= 0.6 is 0 Å². The molecule has 0 radical (unpaired) electrons. The molecule has 1 heterocycles. The number of carbonyl (C=O) groups is 3. The normalized spacial score (nSPS) is 27.2. The van der Waals surface area contributed by atoms with Crippen LogP contribution in [0, 0.1) is 32.1 Å². The molecule has 1 aliphatic heterocycles. The highest BCUT2D eigenvalue weighted by molar-refractivity contribution is 6.11.